The third kappa shape index (κ3) is 2.34. The molecule has 1 heterocycles. The van der Waals surface area contributed by atoms with Gasteiger partial charge in [-0.1, -0.05) is 52.3 Å². The molecule has 1 aliphatic heterocycles. The molecule has 1 atom stereocenters. The van der Waals surface area contributed by atoms with Crippen LogP contribution >= 0.6 is 15.9 Å². The normalized spacial score (nSPS) is 17.7. The summed E-state index contributed by atoms with van der Waals surface area (Å²) < 4.78 is 7.17. The summed E-state index contributed by atoms with van der Waals surface area (Å²) in [5.74, 6) is 0.982. The van der Waals surface area contributed by atoms with Gasteiger partial charge in [0.05, 0.1) is 0 Å². The molecule has 0 aromatic heterocycles. The van der Waals surface area contributed by atoms with E-state index in [-0.39, 0.29) is 6.10 Å². The molecule has 2 heteroatoms. The molecule has 0 saturated heterocycles. The second-order valence-corrected chi connectivity index (χ2v) is 5.25. The molecule has 0 saturated carbocycles. The Bertz CT molecular complexity index is 572. The lowest BCUT2D eigenvalue weighted by molar-refractivity contribution is 0.256. The van der Waals surface area contributed by atoms with Gasteiger partial charge in [-0.25, -0.2) is 0 Å². The van der Waals surface area contributed by atoms with E-state index in [9.17, 15) is 0 Å². The van der Waals surface area contributed by atoms with Crippen molar-refractivity contribution in [1.29, 1.82) is 0 Å². The molecule has 0 bridgehead atoms. The Kier molecular flexibility index (Phi) is 3.20. The van der Waals surface area contributed by atoms with E-state index in [4.69, 9.17) is 4.74 Å². The number of para-hydroxylation sites is 1. The van der Waals surface area contributed by atoms with E-state index in [1.54, 1.807) is 0 Å². The topological polar surface area (TPSA) is 9.23 Å². The fourth-order valence-electron chi connectivity index (χ4n) is 2.11. The minimum atomic E-state index is 0.00162. The van der Waals surface area contributed by atoms with Gasteiger partial charge in [-0.3, -0.25) is 0 Å². The van der Waals surface area contributed by atoms with E-state index < -0.39 is 0 Å². The number of ether oxygens (including phenoxy) is 1. The van der Waals surface area contributed by atoms with Crippen LogP contribution in [0.3, 0.4) is 0 Å². The molecule has 0 amide bonds. The lowest BCUT2D eigenvalue weighted by Gasteiger charge is -2.16. The average Bonchev–Trinajstić information content (AvgIpc) is 2.61. The van der Waals surface area contributed by atoms with E-state index in [2.05, 4.69) is 52.3 Å². The van der Waals surface area contributed by atoms with Gasteiger partial charge in [0.15, 0.2) is 0 Å². The van der Waals surface area contributed by atoms with Crippen molar-refractivity contribution in [2.24, 2.45) is 0 Å². The van der Waals surface area contributed by atoms with Gasteiger partial charge in [-0.15, -0.1) is 0 Å². The summed E-state index contributed by atoms with van der Waals surface area (Å²) in [6.45, 7) is 0. The van der Waals surface area contributed by atoms with Crippen molar-refractivity contribution in [3.63, 3.8) is 0 Å². The summed E-state index contributed by atoms with van der Waals surface area (Å²) in [5, 5.41) is 0. The Morgan fingerprint density at radius 3 is 2.61 bits per heavy atom. The highest BCUT2D eigenvalue weighted by Crippen LogP contribution is 2.30. The number of benzene rings is 2. The van der Waals surface area contributed by atoms with E-state index >= 15 is 0 Å². The zero-order valence-corrected chi connectivity index (χ0v) is 11.4. The van der Waals surface area contributed by atoms with Crippen molar-refractivity contribution in [3.8, 4) is 5.75 Å². The first-order valence-electron chi connectivity index (χ1n) is 5.99. The van der Waals surface area contributed by atoms with Crippen LogP contribution in [0.15, 0.2) is 65.2 Å². The van der Waals surface area contributed by atoms with Crippen molar-refractivity contribution >= 4 is 15.9 Å². The molecule has 1 unspecified atom stereocenters. The second kappa shape index (κ2) is 4.99. The Morgan fingerprint density at radius 1 is 1.00 bits per heavy atom. The monoisotopic (exact) mass is 300 g/mol. The highest BCUT2D eigenvalue weighted by atomic mass is 79.9. The Hall–Kier alpha value is -1.54. The van der Waals surface area contributed by atoms with Crippen molar-refractivity contribution in [2.45, 2.75) is 12.5 Å². The lowest BCUT2D eigenvalue weighted by atomic mass is 10.1. The van der Waals surface area contributed by atoms with Crippen LogP contribution in [0, 0.1) is 0 Å². The average molecular weight is 301 g/mol. The summed E-state index contributed by atoms with van der Waals surface area (Å²) in [7, 11) is 0. The Balaban J connectivity index is 1.93. The van der Waals surface area contributed by atoms with Crippen LogP contribution in [-0.2, 0) is 6.42 Å². The maximum atomic E-state index is 6.08. The molecule has 18 heavy (non-hydrogen) atoms. The highest BCUT2D eigenvalue weighted by Gasteiger charge is 2.14. The molecular weight excluding hydrogens is 288 g/mol. The number of fused-ring (bicyclic) bond motifs is 1. The van der Waals surface area contributed by atoms with E-state index in [0.717, 1.165) is 16.6 Å². The number of hydrogen-bond acceptors (Lipinski definition) is 1. The fraction of sp³-hybridized carbons (Fsp3) is 0.125. The minimum Gasteiger partial charge on any atom is -0.481 e. The summed E-state index contributed by atoms with van der Waals surface area (Å²) in [4.78, 5) is 0. The maximum Gasteiger partial charge on any atom is 0.142 e. The SMILES string of the molecule is Brc1ccc(C2C=CCc3ccccc3O2)cc1. The maximum absolute atomic E-state index is 6.08. The first-order chi connectivity index (χ1) is 8.83. The predicted octanol–water partition coefficient (Wildman–Crippen LogP) is 4.68. The zero-order chi connectivity index (χ0) is 12.4. The molecule has 2 aromatic carbocycles. The molecular formula is C16H13BrO. The highest BCUT2D eigenvalue weighted by molar-refractivity contribution is 9.10. The van der Waals surface area contributed by atoms with E-state index in [0.29, 0.717) is 0 Å². The van der Waals surface area contributed by atoms with E-state index in [1.165, 1.54) is 11.1 Å². The fourth-order valence-corrected chi connectivity index (χ4v) is 2.38. The number of halogens is 1. The molecule has 0 aliphatic carbocycles. The number of rotatable bonds is 1. The van der Waals surface area contributed by atoms with Gasteiger partial charge < -0.3 is 4.74 Å². The van der Waals surface area contributed by atoms with Crippen molar-refractivity contribution < 1.29 is 4.74 Å². The van der Waals surface area contributed by atoms with Crippen LogP contribution in [0.25, 0.3) is 0 Å². The third-order valence-electron chi connectivity index (χ3n) is 3.07. The quantitative estimate of drug-likeness (QED) is 0.695. The van der Waals surface area contributed by atoms with Crippen LogP contribution in [0.4, 0.5) is 0 Å². The molecule has 0 N–H and O–H groups in total. The van der Waals surface area contributed by atoms with Gasteiger partial charge >= 0.3 is 0 Å². The predicted molar refractivity (Wildman–Crippen MR) is 76.8 cm³/mol. The van der Waals surface area contributed by atoms with Gasteiger partial charge in [0, 0.05) is 4.47 Å². The van der Waals surface area contributed by atoms with Crippen LogP contribution in [-0.4, -0.2) is 0 Å². The first kappa shape index (κ1) is 11.5. The summed E-state index contributed by atoms with van der Waals surface area (Å²) in [5.41, 5.74) is 2.42. The van der Waals surface area contributed by atoms with Crippen LogP contribution in [0.5, 0.6) is 5.75 Å². The van der Waals surface area contributed by atoms with Crippen molar-refractivity contribution in [1.82, 2.24) is 0 Å². The smallest absolute Gasteiger partial charge is 0.142 e. The summed E-state index contributed by atoms with van der Waals surface area (Å²) in [6, 6.07) is 16.5. The number of hydrogen-bond donors (Lipinski definition) is 0. The van der Waals surface area contributed by atoms with Gasteiger partial charge in [0.1, 0.15) is 11.9 Å². The van der Waals surface area contributed by atoms with E-state index in [1.807, 2.05) is 24.3 Å². The largest absolute Gasteiger partial charge is 0.481 e. The van der Waals surface area contributed by atoms with Gasteiger partial charge in [0.25, 0.3) is 0 Å². The minimum absolute atomic E-state index is 0.00162. The molecule has 3 rings (SSSR count). The van der Waals surface area contributed by atoms with Crippen molar-refractivity contribution in [2.75, 3.05) is 0 Å². The van der Waals surface area contributed by atoms with Crippen LogP contribution < -0.4 is 4.74 Å². The molecule has 0 fully saturated rings. The standard InChI is InChI=1S/C16H13BrO/c17-14-10-8-13(9-11-14)16-7-3-5-12-4-1-2-6-15(12)18-16/h1-4,6-11,16H,5H2. The lowest BCUT2D eigenvalue weighted by Crippen LogP contribution is -2.04. The molecule has 0 spiro atoms. The first-order valence-corrected chi connectivity index (χ1v) is 6.79. The second-order valence-electron chi connectivity index (χ2n) is 4.33. The molecule has 90 valence electrons. The third-order valence-corrected chi connectivity index (χ3v) is 3.60. The molecule has 0 radical (unpaired) electrons. The zero-order valence-electron chi connectivity index (χ0n) is 9.84. The van der Waals surface area contributed by atoms with Crippen molar-refractivity contribution in [3.05, 3.63) is 76.3 Å². The summed E-state index contributed by atoms with van der Waals surface area (Å²) in [6.07, 6.45) is 5.24. The molecule has 1 aliphatic rings. The van der Waals surface area contributed by atoms with Gasteiger partial charge in [-0.05, 0) is 41.8 Å². The van der Waals surface area contributed by atoms with Gasteiger partial charge in [0.2, 0.25) is 0 Å². The Labute approximate surface area is 115 Å². The summed E-state index contributed by atoms with van der Waals surface area (Å²) >= 11 is 3.45. The van der Waals surface area contributed by atoms with Gasteiger partial charge in [-0.2, -0.15) is 0 Å². The van der Waals surface area contributed by atoms with Crippen LogP contribution in [0.2, 0.25) is 0 Å². The number of allylic oxidation sites excluding steroid dienone is 1. The molecule has 2 aromatic rings. The Morgan fingerprint density at radius 2 is 1.78 bits per heavy atom. The van der Waals surface area contributed by atoms with Crippen LogP contribution in [0.1, 0.15) is 17.2 Å². The molecule has 1 nitrogen and oxygen atoms in total.